The Bertz CT molecular complexity index is 1140. The van der Waals surface area contributed by atoms with Crippen molar-refractivity contribution in [1.82, 2.24) is 0 Å². The number of aryl methyl sites for hydroxylation is 1. The molecule has 3 aromatic rings. The van der Waals surface area contributed by atoms with Crippen LogP contribution in [0.15, 0.2) is 66.7 Å². The minimum absolute atomic E-state index is 0.0648. The molecule has 0 saturated heterocycles. The van der Waals surface area contributed by atoms with Gasteiger partial charge in [-0.2, -0.15) is 0 Å². The lowest BCUT2D eigenvalue weighted by molar-refractivity contribution is -0.120. The molecule has 0 saturated carbocycles. The Labute approximate surface area is 209 Å². The molecule has 1 aliphatic carbocycles. The zero-order valence-corrected chi connectivity index (χ0v) is 21.6. The number of amides is 1. The monoisotopic (exact) mass is 471 g/mol. The van der Waals surface area contributed by atoms with Crippen molar-refractivity contribution in [2.75, 3.05) is 25.7 Å². The second-order valence-corrected chi connectivity index (χ2v) is 10.4. The Hall–Kier alpha value is -3.27. The molecule has 1 atom stereocenters. The first kappa shape index (κ1) is 24.8. The third kappa shape index (κ3) is 5.70. The van der Waals surface area contributed by atoms with Crippen molar-refractivity contribution in [3.63, 3.8) is 0 Å². The van der Waals surface area contributed by atoms with E-state index in [9.17, 15) is 4.79 Å². The van der Waals surface area contributed by atoms with Gasteiger partial charge in [0.15, 0.2) is 0 Å². The second-order valence-electron chi connectivity index (χ2n) is 10.4. The minimum Gasteiger partial charge on any atom is -0.497 e. The maximum absolute atomic E-state index is 14.1. The van der Waals surface area contributed by atoms with Crippen molar-refractivity contribution in [3.05, 3.63) is 89.0 Å². The highest BCUT2D eigenvalue weighted by Gasteiger charge is 2.31. The van der Waals surface area contributed by atoms with Gasteiger partial charge in [-0.25, -0.2) is 0 Å². The summed E-state index contributed by atoms with van der Waals surface area (Å²) in [6.07, 6.45) is 3.66. The number of carbonyl (C=O) groups excluding carboxylic acids is 1. The van der Waals surface area contributed by atoms with Gasteiger partial charge in [-0.05, 0) is 89.8 Å². The largest absolute Gasteiger partial charge is 0.497 e. The number of fused-ring (bicyclic) bond motifs is 1. The highest BCUT2D eigenvalue weighted by Crippen LogP contribution is 2.37. The van der Waals surface area contributed by atoms with Gasteiger partial charge in [0, 0.05) is 12.2 Å². The number of hydrogen-bond acceptors (Lipinski definition) is 3. The molecule has 1 amide bonds. The lowest BCUT2D eigenvalue weighted by Gasteiger charge is -2.32. The van der Waals surface area contributed by atoms with E-state index in [2.05, 4.69) is 69.3 Å². The Morgan fingerprint density at radius 1 is 0.914 bits per heavy atom. The van der Waals surface area contributed by atoms with Crippen LogP contribution in [0.1, 0.15) is 61.8 Å². The zero-order chi connectivity index (χ0) is 25.0. The number of methoxy groups -OCH3 is 2. The van der Waals surface area contributed by atoms with E-state index in [1.54, 1.807) is 14.2 Å². The average molecular weight is 472 g/mol. The summed E-state index contributed by atoms with van der Waals surface area (Å²) in [5.74, 6) is 1.65. The SMILES string of the molecule is COc1ccc(CCN(C(=O)C2CCCc3ccc(OC)cc32)c2ccc(C(C)(C)C)cc2)cc1. The molecule has 0 heterocycles. The van der Waals surface area contributed by atoms with E-state index in [0.717, 1.165) is 48.4 Å². The fraction of sp³-hybridized carbons (Fsp3) is 0.387. The number of hydrogen-bond donors (Lipinski definition) is 0. The van der Waals surface area contributed by atoms with Crippen molar-refractivity contribution in [3.8, 4) is 11.5 Å². The van der Waals surface area contributed by atoms with Gasteiger partial charge in [-0.3, -0.25) is 4.79 Å². The van der Waals surface area contributed by atoms with Crippen LogP contribution in [-0.2, 0) is 23.1 Å². The van der Waals surface area contributed by atoms with Gasteiger partial charge >= 0.3 is 0 Å². The molecule has 1 aliphatic rings. The third-order valence-electron chi connectivity index (χ3n) is 7.06. The molecule has 184 valence electrons. The van der Waals surface area contributed by atoms with Gasteiger partial charge in [0.25, 0.3) is 0 Å². The predicted molar refractivity (Wildman–Crippen MR) is 143 cm³/mol. The van der Waals surface area contributed by atoms with Crippen molar-refractivity contribution >= 4 is 11.6 Å². The molecule has 0 aromatic heterocycles. The fourth-order valence-corrected chi connectivity index (χ4v) is 4.89. The fourth-order valence-electron chi connectivity index (χ4n) is 4.89. The van der Waals surface area contributed by atoms with Gasteiger partial charge < -0.3 is 14.4 Å². The maximum Gasteiger partial charge on any atom is 0.234 e. The normalized spacial score (nSPS) is 15.3. The van der Waals surface area contributed by atoms with Crippen molar-refractivity contribution in [1.29, 1.82) is 0 Å². The predicted octanol–water partition coefficient (Wildman–Crippen LogP) is 6.70. The molecule has 0 N–H and O–H groups in total. The molecular weight excluding hydrogens is 434 g/mol. The van der Waals surface area contributed by atoms with Gasteiger partial charge in [-0.1, -0.05) is 51.1 Å². The lowest BCUT2D eigenvalue weighted by Crippen LogP contribution is -2.38. The standard InChI is InChI=1S/C31H37NO3/c1-31(2,3)24-12-14-25(15-13-24)32(20-19-22-9-16-26(34-4)17-10-22)30(33)28-8-6-7-23-11-18-27(35-5)21-29(23)28/h9-18,21,28H,6-8,19-20H2,1-5H3. The molecule has 4 nitrogen and oxygen atoms in total. The highest BCUT2D eigenvalue weighted by molar-refractivity contribution is 5.98. The molecule has 0 bridgehead atoms. The number of ether oxygens (including phenoxy) is 2. The first-order chi connectivity index (χ1) is 16.8. The summed E-state index contributed by atoms with van der Waals surface area (Å²) in [5, 5.41) is 0. The number of nitrogens with zero attached hydrogens (tertiary/aromatic N) is 1. The van der Waals surface area contributed by atoms with Crippen LogP contribution >= 0.6 is 0 Å². The molecular formula is C31H37NO3. The summed E-state index contributed by atoms with van der Waals surface area (Å²) in [6.45, 7) is 7.25. The van der Waals surface area contributed by atoms with Crippen molar-refractivity contribution in [2.45, 2.75) is 57.8 Å². The van der Waals surface area contributed by atoms with E-state index >= 15 is 0 Å². The van der Waals surface area contributed by atoms with E-state index < -0.39 is 0 Å². The van der Waals surface area contributed by atoms with Crippen molar-refractivity contribution in [2.24, 2.45) is 0 Å². The minimum atomic E-state index is -0.160. The summed E-state index contributed by atoms with van der Waals surface area (Å²) < 4.78 is 10.8. The summed E-state index contributed by atoms with van der Waals surface area (Å²) >= 11 is 0. The van der Waals surface area contributed by atoms with Crippen LogP contribution in [0.4, 0.5) is 5.69 Å². The van der Waals surface area contributed by atoms with Gasteiger partial charge in [0.1, 0.15) is 11.5 Å². The number of carbonyl (C=O) groups is 1. The molecule has 0 radical (unpaired) electrons. The first-order valence-electron chi connectivity index (χ1n) is 12.5. The zero-order valence-electron chi connectivity index (χ0n) is 21.6. The molecule has 1 unspecified atom stereocenters. The van der Waals surface area contributed by atoms with E-state index in [4.69, 9.17) is 9.47 Å². The molecule has 4 heteroatoms. The summed E-state index contributed by atoms with van der Waals surface area (Å²) in [4.78, 5) is 16.1. The van der Waals surface area contributed by atoms with E-state index in [1.165, 1.54) is 16.7 Å². The number of rotatable bonds is 7. The molecule has 0 aliphatic heterocycles. The van der Waals surface area contributed by atoms with Gasteiger partial charge in [-0.15, -0.1) is 0 Å². The maximum atomic E-state index is 14.1. The number of benzene rings is 3. The van der Waals surface area contributed by atoms with E-state index in [-0.39, 0.29) is 17.2 Å². The summed E-state index contributed by atoms with van der Waals surface area (Å²) in [6, 6.07) is 22.8. The van der Waals surface area contributed by atoms with Crippen LogP contribution in [0.25, 0.3) is 0 Å². The van der Waals surface area contributed by atoms with Crippen LogP contribution in [-0.4, -0.2) is 26.7 Å². The lowest BCUT2D eigenvalue weighted by atomic mass is 9.81. The Morgan fingerprint density at radius 2 is 1.57 bits per heavy atom. The number of anilines is 1. The van der Waals surface area contributed by atoms with Crippen LogP contribution in [0.2, 0.25) is 0 Å². The first-order valence-corrected chi connectivity index (χ1v) is 12.5. The van der Waals surface area contributed by atoms with Crippen LogP contribution in [0.3, 0.4) is 0 Å². The van der Waals surface area contributed by atoms with E-state index in [0.29, 0.717) is 6.54 Å². The molecule has 0 fully saturated rings. The molecule has 0 spiro atoms. The van der Waals surface area contributed by atoms with Crippen LogP contribution in [0, 0.1) is 0 Å². The second kappa shape index (κ2) is 10.6. The van der Waals surface area contributed by atoms with Crippen LogP contribution < -0.4 is 14.4 Å². The highest BCUT2D eigenvalue weighted by atomic mass is 16.5. The topological polar surface area (TPSA) is 38.8 Å². The van der Waals surface area contributed by atoms with Crippen LogP contribution in [0.5, 0.6) is 11.5 Å². The third-order valence-corrected chi connectivity index (χ3v) is 7.06. The molecule has 4 rings (SSSR count). The van der Waals surface area contributed by atoms with E-state index in [1.807, 2.05) is 23.1 Å². The van der Waals surface area contributed by atoms with Gasteiger partial charge in [0.05, 0.1) is 20.1 Å². The smallest absolute Gasteiger partial charge is 0.234 e. The van der Waals surface area contributed by atoms with Crippen molar-refractivity contribution < 1.29 is 14.3 Å². The van der Waals surface area contributed by atoms with Gasteiger partial charge in [0.2, 0.25) is 5.91 Å². The summed E-state index contributed by atoms with van der Waals surface area (Å²) in [5.41, 5.74) is 5.83. The summed E-state index contributed by atoms with van der Waals surface area (Å²) in [7, 11) is 3.35. The Morgan fingerprint density at radius 3 is 2.20 bits per heavy atom. The Kier molecular flexibility index (Phi) is 7.49. The molecule has 3 aromatic carbocycles. The molecule has 35 heavy (non-hydrogen) atoms. The Balaban J connectivity index is 1.65. The quantitative estimate of drug-likeness (QED) is 0.385. The average Bonchev–Trinajstić information content (AvgIpc) is 2.88.